The molecule has 0 saturated heterocycles. The number of hydrogen-bond acceptors (Lipinski definition) is 2. The van der Waals surface area contributed by atoms with Gasteiger partial charge >= 0.3 is 0 Å². The van der Waals surface area contributed by atoms with Crippen molar-refractivity contribution in [3.05, 3.63) is 71.8 Å². The summed E-state index contributed by atoms with van der Waals surface area (Å²) in [5.74, 6) is 0.720. The number of aliphatic imine (C=N–C) groups is 3. The minimum atomic E-state index is 0.720. The van der Waals surface area contributed by atoms with Crippen molar-refractivity contribution in [1.82, 2.24) is 0 Å². The predicted molar refractivity (Wildman–Crippen MR) is 92.8 cm³/mol. The molecule has 0 radical (unpaired) electrons. The summed E-state index contributed by atoms with van der Waals surface area (Å²) < 4.78 is 0. The highest BCUT2D eigenvalue weighted by Gasteiger charge is 1.96. The molecule has 0 atom stereocenters. The number of hydrogen-bond donors (Lipinski definition) is 0. The standard InChI is InChI=1S/C10H12N2.C8H9N/c1-3-12-10(11-2)9-7-5-4-6-8-9;1-9-7-8-5-3-2-4-6-8/h4-8H,2-3H2,1H3;2-6H,1,7H2. The van der Waals surface area contributed by atoms with Gasteiger partial charge in [0.25, 0.3) is 0 Å². The van der Waals surface area contributed by atoms with Crippen LogP contribution in [0.4, 0.5) is 0 Å². The van der Waals surface area contributed by atoms with E-state index < -0.39 is 0 Å². The topological polar surface area (TPSA) is 37.1 Å². The molecular weight excluding hydrogens is 258 g/mol. The van der Waals surface area contributed by atoms with Crippen molar-refractivity contribution in [2.75, 3.05) is 6.54 Å². The van der Waals surface area contributed by atoms with Gasteiger partial charge in [-0.15, -0.1) is 0 Å². The van der Waals surface area contributed by atoms with Gasteiger partial charge in [0.15, 0.2) is 5.84 Å². The fourth-order valence-corrected chi connectivity index (χ4v) is 1.68. The minimum absolute atomic E-state index is 0.720. The lowest BCUT2D eigenvalue weighted by Gasteiger charge is -1.98. The van der Waals surface area contributed by atoms with Gasteiger partial charge in [-0.05, 0) is 25.9 Å². The van der Waals surface area contributed by atoms with Crippen molar-refractivity contribution >= 4 is 19.3 Å². The first-order valence-electron chi connectivity index (χ1n) is 6.84. The molecule has 0 unspecified atom stereocenters. The first kappa shape index (κ1) is 16.5. The molecule has 0 N–H and O–H groups in total. The zero-order chi connectivity index (χ0) is 15.3. The molecule has 108 valence electrons. The minimum Gasteiger partial charge on any atom is -0.296 e. The van der Waals surface area contributed by atoms with Crippen molar-refractivity contribution in [3.63, 3.8) is 0 Å². The molecule has 0 aliphatic carbocycles. The fraction of sp³-hybridized carbons (Fsp3) is 0.167. The van der Waals surface area contributed by atoms with Crippen molar-refractivity contribution in [2.45, 2.75) is 13.5 Å². The Morgan fingerprint density at radius 2 is 1.48 bits per heavy atom. The van der Waals surface area contributed by atoms with E-state index in [2.05, 4.69) is 28.4 Å². The second kappa shape index (κ2) is 10.3. The maximum absolute atomic E-state index is 4.20. The maximum atomic E-state index is 4.20. The third kappa shape index (κ3) is 6.43. The third-order valence-corrected chi connectivity index (χ3v) is 2.63. The van der Waals surface area contributed by atoms with Gasteiger partial charge in [-0.25, -0.2) is 4.99 Å². The fourth-order valence-electron chi connectivity index (χ4n) is 1.68. The summed E-state index contributed by atoms with van der Waals surface area (Å²) >= 11 is 0. The van der Waals surface area contributed by atoms with Crippen molar-refractivity contribution in [2.24, 2.45) is 15.0 Å². The Morgan fingerprint density at radius 1 is 0.905 bits per heavy atom. The van der Waals surface area contributed by atoms with Gasteiger partial charge < -0.3 is 0 Å². The zero-order valence-corrected chi connectivity index (χ0v) is 12.4. The molecule has 0 saturated carbocycles. The van der Waals surface area contributed by atoms with Gasteiger partial charge in [0, 0.05) is 12.1 Å². The van der Waals surface area contributed by atoms with E-state index in [0.717, 1.165) is 24.5 Å². The van der Waals surface area contributed by atoms with Gasteiger partial charge in [-0.2, -0.15) is 0 Å². The van der Waals surface area contributed by atoms with Crippen LogP contribution < -0.4 is 0 Å². The largest absolute Gasteiger partial charge is 0.296 e. The van der Waals surface area contributed by atoms with Crippen LogP contribution in [0, 0.1) is 0 Å². The van der Waals surface area contributed by atoms with Crippen LogP contribution in [-0.2, 0) is 6.54 Å². The molecule has 2 aromatic carbocycles. The SMILES string of the molecule is C=NC(=NCC)c1ccccc1.C=NCc1ccccc1. The van der Waals surface area contributed by atoms with Gasteiger partial charge in [0.05, 0.1) is 6.54 Å². The van der Waals surface area contributed by atoms with E-state index in [9.17, 15) is 0 Å². The molecule has 0 aromatic heterocycles. The summed E-state index contributed by atoms with van der Waals surface area (Å²) in [6.45, 7) is 10.3. The first-order valence-corrected chi connectivity index (χ1v) is 6.84. The second-order valence-electron chi connectivity index (χ2n) is 4.19. The van der Waals surface area contributed by atoms with E-state index in [1.165, 1.54) is 5.56 Å². The Labute approximate surface area is 126 Å². The molecule has 3 heteroatoms. The lowest BCUT2D eigenvalue weighted by molar-refractivity contribution is 1.08. The highest BCUT2D eigenvalue weighted by molar-refractivity contribution is 6.01. The summed E-state index contributed by atoms with van der Waals surface area (Å²) in [5.41, 5.74) is 2.24. The van der Waals surface area contributed by atoms with Crippen molar-refractivity contribution < 1.29 is 0 Å². The van der Waals surface area contributed by atoms with Crippen molar-refractivity contribution in [1.29, 1.82) is 0 Å². The Morgan fingerprint density at radius 3 is 1.95 bits per heavy atom. The van der Waals surface area contributed by atoms with E-state index in [1.54, 1.807) is 0 Å². The van der Waals surface area contributed by atoms with Gasteiger partial charge in [0.1, 0.15) is 0 Å². The summed E-state index contributed by atoms with van der Waals surface area (Å²) in [5, 5.41) is 0. The number of amidine groups is 1. The molecule has 0 aliphatic rings. The Hall–Kier alpha value is -2.55. The Kier molecular flexibility index (Phi) is 8.07. The van der Waals surface area contributed by atoms with Crippen LogP contribution in [0.5, 0.6) is 0 Å². The highest BCUT2D eigenvalue weighted by atomic mass is 14.9. The second-order valence-corrected chi connectivity index (χ2v) is 4.19. The van der Waals surface area contributed by atoms with Gasteiger partial charge in [-0.3, -0.25) is 9.98 Å². The first-order chi connectivity index (χ1) is 10.3. The summed E-state index contributed by atoms with van der Waals surface area (Å²) in [7, 11) is 0. The molecule has 2 aromatic rings. The van der Waals surface area contributed by atoms with E-state index in [1.807, 2.05) is 67.6 Å². The molecule has 21 heavy (non-hydrogen) atoms. The molecule has 0 aliphatic heterocycles. The molecule has 0 amide bonds. The smallest absolute Gasteiger partial charge is 0.153 e. The predicted octanol–water partition coefficient (Wildman–Crippen LogP) is 4.04. The molecule has 3 nitrogen and oxygen atoms in total. The monoisotopic (exact) mass is 279 g/mol. The quantitative estimate of drug-likeness (QED) is 0.598. The number of rotatable bonds is 4. The van der Waals surface area contributed by atoms with Crippen LogP contribution in [0.25, 0.3) is 0 Å². The lowest BCUT2D eigenvalue weighted by atomic mass is 10.2. The van der Waals surface area contributed by atoms with Crippen LogP contribution in [-0.4, -0.2) is 25.8 Å². The van der Waals surface area contributed by atoms with Crippen molar-refractivity contribution in [3.8, 4) is 0 Å². The van der Waals surface area contributed by atoms with Crippen LogP contribution in [0.3, 0.4) is 0 Å². The average molecular weight is 279 g/mol. The summed E-state index contributed by atoms with van der Waals surface area (Å²) in [6.07, 6.45) is 0. The third-order valence-electron chi connectivity index (χ3n) is 2.63. The van der Waals surface area contributed by atoms with Crippen LogP contribution in [0.1, 0.15) is 18.1 Å². The van der Waals surface area contributed by atoms with E-state index in [0.29, 0.717) is 0 Å². The molecule has 0 fully saturated rings. The normalized spacial score (nSPS) is 10.2. The van der Waals surface area contributed by atoms with Gasteiger partial charge in [0.2, 0.25) is 0 Å². The number of nitrogens with zero attached hydrogens (tertiary/aromatic N) is 3. The van der Waals surface area contributed by atoms with Crippen LogP contribution >= 0.6 is 0 Å². The zero-order valence-electron chi connectivity index (χ0n) is 12.4. The van der Waals surface area contributed by atoms with Gasteiger partial charge in [-0.1, -0.05) is 60.7 Å². The van der Waals surface area contributed by atoms with E-state index >= 15 is 0 Å². The number of benzene rings is 2. The Balaban J connectivity index is 0.000000219. The molecular formula is C18H21N3. The maximum Gasteiger partial charge on any atom is 0.153 e. The molecule has 0 bridgehead atoms. The van der Waals surface area contributed by atoms with E-state index in [-0.39, 0.29) is 0 Å². The molecule has 0 heterocycles. The summed E-state index contributed by atoms with van der Waals surface area (Å²) in [6, 6.07) is 19.9. The average Bonchev–Trinajstić information content (AvgIpc) is 2.55. The molecule has 2 rings (SSSR count). The lowest BCUT2D eigenvalue weighted by Crippen LogP contribution is -1.96. The highest BCUT2D eigenvalue weighted by Crippen LogP contribution is 2.01. The van der Waals surface area contributed by atoms with Crippen LogP contribution in [0.2, 0.25) is 0 Å². The Bertz CT molecular complexity index is 560. The van der Waals surface area contributed by atoms with E-state index in [4.69, 9.17) is 0 Å². The summed E-state index contributed by atoms with van der Waals surface area (Å²) in [4.78, 5) is 11.8. The van der Waals surface area contributed by atoms with Crippen LogP contribution in [0.15, 0.2) is 75.6 Å². The molecule has 0 spiro atoms.